The molecule has 0 saturated carbocycles. The van der Waals surface area contributed by atoms with Gasteiger partial charge < -0.3 is 14.4 Å². The number of aromatic nitrogens is 3. The van der Waals surface area contributed by atoms with Crippen molar-refractivity contribution >= 4 is 5.95 Å². The van der Waals surface area contributed by atoms with Crippen molar-refractivity contribution in [3.63, 3.8) is 0 Å². The Labute approximate surface area is 154 Å². The smallest absolute Gasteiger partial charge is 0.225 e. The van der Waals surface area contributed by atoms with Crippen molar-refractivity contribution in [1.29, 1.82) is 0 Å². The van der Waals surface area contributed by atoms with E-state index in [2.05, 4.69) is 19.9 Å². The van der Waals surface area contributed by atoms with Gasteiger partial charge in [-0.25, -0.2) is 9.97 Å². The van der Waals surface area contributed by atoms with Gasteiger partial charge in [0.1, 0.15) is 0 Å². The van der Waals surface area contributed by atoms with Crippen LogP contribution in [0.15, 0.2) is 36.7 Å². The molecule has 2 atom stereocenters. The fraction of sp³-hybridized carbons (Fsp3) is 0.550. The SMILES string of the molecule is Cc1cccc(COC[C@]23CCCO[C@@H]2CCN(c2ncccn2)C3)n1. The Kier molecular flexibility index (Phi) is 5.13. The first kappa shape index (κ1) is 17.4. The summed E-state index contributed by atoms with van der Waals surface area (Å²) in [6.45, 7) is 5.88. The molecule has 6 heteroatoms. The molecule has 0 amide bonds. The predicted molar refractivity (Wildman–Crippen MR) is 98.9 cm³/mol. The highest BCUT2D eigenvalue weighted by Crippen LogP contribution is 2.41. The van der Waals surface area contributed by atoms with Crippen LogP contribution in [0, 0.1) is 12.3 Å². The van der Waals surface area contributed by atoms with Crippen LogP contribution in [0.3, 0.4) is 0 Å². The molecule has 0 radical (unpaired) electrons. The number of ether oxygens (including phenoxy) is 2. The van der Waals surface area contributed by atoms with Crippen LogP contribution in [-0.4, -0.2) is 47.4 Å². The van der Waals surface area contributed by atoms with Gasteiger partial charge in [-0.1, -0.05) is 6.07 Å². The Morgan fingerprint density at radius 1 is 1.27 bits per heavy atom. The molecule has 2 aromatic rings. The molecule has 2 fully saturated rings. The molecule has 2 aliphatic rings. The van der Waals surface area contributed by atoms with E-state index in [1.807, 2.05) is 31.2 Å². The van der Waals surface area contributed by atoms with Crippen molar-refractivity contribution < 1.29 is 9.47 Å². The average molecular weight is 354 g/mol. The summed E-state index contributed by atoms with van der Waals surface area (Å²) in [6.07, 6.45) is 7.04. The lowest BCUT2D eigenvalue weighted by atomic mass is 9.73. The summed E-state index contributed by atoms with van der Waals surface area (Å²) in [7, 11) is 0. The fourth-order valence-corrected chi connectivity index (χ4v) is 4.16. The number of hydrogen-bond donors (Lipinski definition) is 0. The Morgan fingerprint density at radius 3 is 3.00 bits per heavy atom. The number of fused-ring (bicyclic) bond motifs is 1. The molecule has 4 heterocycles. The van der Waals surface area contributed by atoms with Crippen LogP contribution < -0.4 is 4.90 Å². The minimum atomic E-state index is -0.000470. The molecule has 26 heavy (non-hydrogen) atoms. The van der Waals surface area contributed by atoms with Crippen molar-refractivity contribution in [2.45, 2.75) is 38.9 Å². The van der Waals surface area contributed by atoms with Gasteiger partial charge in [-0.15, -0.1) is 0 Å². The van der Waals surface area contributed by atoms with Crippen LogP contribution in [0.1, 0.15) is 30.7 Å². The molecule has 2 aliphatic heterocycles. The fourth-order valence-electron chi connectivity index (χ4n) is 4.16. The highest BCUT2D eigenvalue weighted by atomic mass is 16.5. The largest absolute Gasteiger partial charge is 0.377 e. The van der Waals surface area contributed by atoms with Gasteiger partial charge in [-0.2, -0.15) is 0 Å². The molecule has 2 saturated heterocycles. The second-order valence-corrected chi connectivity index (χ2v) is 7.35. The van der Waals surface area contributed by atoms with Crippen molar-refractivity contribution in [3.8, 4) is 0 Å². The normalized spacial score (nSPS) is 25.7. The van der Waals surface area contributed by atoms with Gasteiger partial charge in [0.15, 0.2) is 0 Å². The molecule has 138 valence electrons. The van der Waals surface area contributed by atoms with Gasteiger partial charge in [0.2, 0.25) is 5.95 Å². The number of nitrogens with zero attached hydrogens (tertiary/aromatic N) is 4. The maximum Gasteiger partial charge on any atom is 0.225 e. The van der Waals surface area contributed by atoms with Gasteiger partial charge >= 0.3 is 0 Å². The Balaban J connectivity index is 1.46. The third-order valence-electron chi connectivity index (χ3n) is 5.41. The average Bonchev–Trinajstić information content (AvgIpc) is 2.68. The molecule has 0 aromatic carbocycles. The maximum absolute atomic E-state index is 6.15. The van der Waals surface area contributed by atoms with Crippen LogP contribution in [0.5, 0.6) is 0 Å². The zero-order valence-corrected chi connectivity index (χ0v) is 15.3. The number of aryl methyl sites for hydroxylation is 1. The maximum atomic E-state index is 6.15. The second kappa shape index (κ2) is 7.68. The highest BCUT2D eigenvalue weighted by Gasteiger charge is 2.46. The summed E-state index contributed by atoms with van der Waals surface area (Å²) < 4.78 is 12.3. The number of piperidine rings is 1. The zero-order chi connectivity index (χ0) is 17.8. The quantitative estimate of drug-likeness (QED) is 0.823. The minimum absolute atomic E-state index is 0.000470. The molecule has 6 nitrogen and oxygen atoms in total. The van der Waals surface area contributed by atoms with E-state index in [0.717, 1.165) is 56.3 Å². The first-order valence-corrected chi connectivity index (χ1v) is 9.39. The molecule has 0 bridgehead atoms. The lowest BCUT2D eigenvalue weighted by molar-refractivity contribution is -0.128. The zero-order valence-electron chi connectivity index (χ0n) is 15.3. The summed E-state index contributed by atoms with van der Waals surface area (Å²) in [5.74, 6) is 0.802. The molecular formula is C20H26N4O2. The van der Waals surface area contributed by atoms with Crippen molar-refractivity contribution in [1.82, 2.24) is 15.0 Å². The summed E-state index contributed by atoms with van der Waals surface area (Å²) in [5, 5.41) is 0. The van der Waals surface area contributed by atoms with Crippen molar-refractivity contribution in [2.75, 3.05) is 31.2 Å². The highest BCUT2D eigenvalue weighted by molar-refractivity contribution is 5.31. The topological polar surface area (TPSA) is 60.4 Å². The molecule has 2 aromatic heterocycles. The van der Waals surface area contributed by atoms with E-state index in [1.54, 1.807) is 12.4 Å². The van der Waals surface area contributed by atoms with Crippen molar-refractivity contribution in [2.24, 2.45) is 5.41 Å². The lowest BCUT2D eigenvalue weighted by Crippen LogP contribution is -2.57. The van der Waals surface area contributed by atoms with Crippen LogP contribution >= 0.6 is 0 Å². The van der Waals surface area contributed by atoms with Crippen LogP contribution in [0.25, 0.3) is 0 Å². The van der Waals surface area contributed by atoms with Gasteiger partial charge in [-0.05, 0) is 44.4 Å². The Bertz CT molecular complexity index is 727. The standard InChI is InChI=1S/C20H26N4O2/c1-16-5-2-6-17(23-16)13-25-15-20-8-3-12-26-18(20)7-11-24(14-20)19-21-9-4-10-22-19/h2,4-6,9-10,18H,3,7-8,11-15H2,1H3/t18-,20-/m1/s1. The van der Waals surface area contributed by atoms with Gasteiger partial charge in [0.05, 0.1) is 25.0 Å². The monoisotopic (exact) mass is 354 g/mol. The summed E-state index contributed by atoms with van der Waals surface area (Å²) in [4.78, 5) is 15.7. The molecule has 0 spiro atoms. The predicted octanol–water partition coefficient (Wildman–Crippen LogP) is 2.77. The second-order valence-electron chi connectivity index (χ2n) is 7.35. The van der Waals surface area contributed by atoms with E-state index in [4.69, 9.17) is 9.47 Å². The minimum Gasteiger partial charge on any atom is -0.377 e. The van der Waals surface area contributed by atoms with Gasteiger partial charge in [0.25, 0.3) is 0 Å². The number of anilines is 1. The lowest BCUT2D eigenvalue weighted by Gasteiger charge is -2.50. The molecule has 0 unspecified atom stereocenters. The van der Waals surface area contributed by atoms with Crippen LogP contribution in [-0.2, 0) is 16.1 Å². The van der Waals surface area contributed by atoms with Crippen LogP contribution in [0.4, 0.5) is 5.95 Å². The molecule has 4 rings (SSSR count). The Morgan fingerprint density at radius 2 is 2.15 bits per heavy atom. The summed E-state index contributed by atoms with van der Waals surface area (Å²) >= 11 is 0. The summed E-state index contributed by atoms with van der Waals surface area (Å²) in [6, 6.07) is 7.91. The van der Waals surface area contributed by atoms with E-state index in [9.17, 15) is 0 Å². The number of pyridine rings is 1. The molecule has 0 N–H and O–H groups in total. The first-order chi connectivity index (χ1) is 12.8. The third-order valence-corrected chi connectivity index (χ3v) is 5.41. The van der Waals surface area contributed by atoms with E-state index >= 15 is 0 Å². The van der Waals surface area contributed by atoms with E-state index < -0.39 is 0 Å². The molecule has 0 aliphatic carbocycles. The third kappa shape index (κ3) is 3.71. The first-order valence-electron chi connectivity index (χ1n) is 9.39. The van der Waals surface area contributed by atoms with Crippen molar-refractivity contribution in [3.05, 3.63) is 48.0 Å². The van der Waals surface area contributed by atoms with E-state index in [0.29, 0.717) is 13.2 Å². The Hall–Kier alpha value is -2.05. The summed E-state index contributed by atoms with van der Waals surface area (Å²) in [5.41, 5.74) is 2.00. The van der Waals surface area contributed by atoms with E-state index in [-0.39, 0.29) is 11.5 Å². The van der Waals surface area contributed by atoms with Crippen LogP contribution in [0.2, 0.25) is 0 Å². The molecular weight excluding hydrogens is 328 g/mol. The number of rotatable bonds is 5. The number of hydrogen-bond acceptors (Lipinski definition) is 6. The van der Waals surface area contributed by atoms with Gasteiger partial charge in [0, 0.05) is 43.2 Å². The van der Waals surface area contributed by atoms with E-state index in [1.165, 1.54) is 0 Å². The van der Waals surface area contributed by atoms with Gasteiger partial charge in [-0.3, -0.25) is 4.98 Å².